The summed E-state index contributed by atoms with van der Waals surface area (Å²) in [6.45, 7) is 2.68. The molecule has 3 aromatic rings. The first-order chi connectivity index (χ1) is 12.8. The molecule has 0 saturated carbocycles. The lowest BCUT2D eigenvalue weighted by molar-refractivity contribution is 0.0950. The van der Waals surface area contributed by atoms with Crippen LogP contribution in [0.2, 0.25) is 0 Å². The number of nitrogens with one attached hydrogen (secondary N) is 1. The summed E-state index contributed by atoms with van der Waals surface area (Å²) in [4.78, 5) is 16.2. The summed E-state index contributed by atoms with van der Waals surface area (Å²) < 4.78 is 24.7. The standard InChI is InChI=1S/C18H19N5O3S/c1-13-2-7-16(27(19,25)26)8-17(13)18(24)21-9-14-3-5-15(6-4-14)10-23-12-20-11-22-23/h2-8,11-12H,9-10H2,1H3,(H,21,24)(H2,19,25,26). The molecule has 27 heavy (non-hydrogen) atoms. The number of nitrogens with two attached hydrogens (primary N) is 1. The zero-order chi connectivity index (χ0) is 19.4. The van der Waals surface area contributed by atoms with E-state index < -0.39 is 10.0 Å². The number of sulfonamides is 1. The lowest BCUT2D eigenvalue weighted by Gasteiger charge is -2.10. The predicted octanol–water partition coefficient (Wildman–Crippen LogP) is 1.21. The number of benzene rings is 2. The predicted molar refractivity (Wildman–Crippen MR) is 99.3 cm³/mol. The second kappa shape index (κ2) is 7.68. The van der Waals surface area contributed by atoms with Gasteiger partial charge in [0.1, 0.15) is 12.7 Å². The smallest absolute Gasteiger partial charge is 0.251 e. The summed E-state index contributed by atoms with van der Waals surface area (Å²) in [7, 11) is -3.86. The third kappa shape index (κ3) is 4.78. The van der Waals surface area contributed by atoms with E-state index >= 15 is 0 Å². The average Bonchev–Trinajstić information content (AvgIpc) is 3.13. The third-order valence-electron chi connectivity index (χ3n) is 4.07. The van der Waals surface area contributed by atoms with Crippen molar-refractivity contribution in [1.29, 1.82) is 0 Å². The van der Waals surface area contributed by atoms with Gasteiger partial charge in [-0.05, 0) is 35.7 Å². The molecule has 0 unspecified atom stereocenters. The molecule has 1 heterocycles. The van der Waals surface area contributed by atoms with Gasteiger partial charge in [-0.25, -0.2) is 23.2 Å². The van der Waals surface area contributed by atoms with Crippen LogP contribution < -0.4 is 10.5 Å². The van der Waals surface area contributed by atoms with Crippen LogP contribution in [-0.4, -0.2) is 29.1 Å². The van der Waals surface area contributed by atoms with E-state index in [0.717, 1.165) is 11.1 Å². The average molecular weight is 385 g/mol. The number of hydrogen-bond donors (Lipinski definition) is 2. The fourth-order valence-electron chi connectivity index (χ4n) is 2.56. The lowest BCUT2D eigenvalue weighted by atomic mass is 10.1. The minimum Gasteiger partial charge on any atom is -0.348 e. The molecule has 0 atom stereocenters. The lowest BCUT2D eigenvalue weighted by Crippen LogP contribution is -2.24. The van der Waals surface area contributed by atoms with E-state index in [1.165, 1.54) is 18.5 Å². The maximum Gasteiger partial charge on any atom is 0.251 e. The van der Waals surface area contributed by atoms with E-state index in [9.17, 15) is 13.2 Å². The monoisotopic (exact) mass is 385 g/mol. The summed E-state index contributed by atoms with van der Waals surface area (Å²) in [5.74, 6) is -0.357. The van der Waals surface area contributed by atoms with Crippen LogP contribution in [0.3, 0.4) is 0 Å². The number of aryl methyl sites for hydroxylation is 1. The van der Waals surface area contributed by atoms with Gasteiger partial charge >= 0.3 is 0 Å². The number of amides is 1. The minimum atomic E-state index is -3.86. The van der Waals surface area contributed by atoms with Crippen LogP contribution in [0.25, 0.3) is 0 Å². The van der Waals surface area contributed by atoms with E-state index in [-0.39, 0.29) is 16.4 Å². The largest absolute Gasteiger partial charge is 0.348 e. The molecule has 0 aliphatic rings. The molecule has 8 nitrogen and oxygen atoms in total. The van der Waals surface area contributed by atoms with E-state index in [4.69, 9.17) is 5.14 Å². The van der Waals surface area contributed by atoms with Gasteiger partial charge in [-0.1, -0.05) is 30.3 Å². The number of carbonyl (C=O) groups excluding carboxylic acids is 1. The molecule has 3 N–H and O–H groups in total. The highest BCUT2D eigenvalue weighted by Crippen LogP contribution is 2.15. The number of rotatable bonds is 6. The van der Waals surface area contributed by atoms with Gasteiger partial charge in [0.05, 0.1) is 11.4 Å². The van der Waals surface area contributed by atoms with Gasteiger partial charge < -0.3 is 5.32 Å². The molecule has 0 spiro atoms. The summed E-state index contributed by atoms with van der Waals surface area (Å²) in [5, 5.41) is 12.0. The Kier molecular flexibility index (Phi) is 5.33. The third-order valence-corrected chi connectivity index (χ3v) is 4.98. The second-order valence-electron chi connectivity index (χ2n) is 6.11. The number of carbonyl (C=O) groups is 1. The van der Waals surface area contributed by atoms with Gasteiger partial charge in [0.2, 0.25) is 10.0 Å². The zero-order valence-electron chi connectivity index (χ0n) is 14.7. The molecule has 2 aromatic carbocycles. The number of nitrogens with zero attached hydrogens (tertiary/aromatic N) is 3. The Bertz CT molecular complexity index is 1050. The van der Waals surface area contributed by atoms with Crippen molar-refractivity contribution in [3.05, 3.63) is 77.4 Å². The maximum atomic E-state index is 12.4. The molecule has 0 radical (unpaired) electrons. The van der Waals surface area contributed by atoms with Gasteiger partial charge in [0.15, 0.2) is 0 Å². The van der Waals surface area contributed by atoms with Gasteiger partial charge in [-0.3, -0.25) is 4.79 Å². The van der Waals surface area contributed by atoms with Crippen molar-refractivity contribution in [1.82, 2.24) is 20.1 Å². The topological polar surface area (TPSA) is 120 Å². The van der Waals surface area contributed by atoms with E-state index in [1.54, 1.807) is 24.0 Å². The molecule has 0 bridgehead atoms. The van der Waals surface area contributed by atoms with Crippen LogP contribution in [0.4, 0.5) is 0 Å². The van der Waals surface area contributed by atoms with Gasteiger partial charge in [0.25, 0.3) is 5.91 Å². The molecule has 1 amide bonds. The first-order valence-corrected chi connectivity index (χ1v) is 9.69. The highest BCUT2D eigenvalue weighted by molar-refractivity contribution is 7.89. The normalized spacial score (nSPS) is 11.3. The highest BCUT2D eigenvalue weighted by atomic mass is 32.2. The van der Waals surface area contributed by atoms with Crippen LogP contribution in [0.15, 0.2) is 60.0 Å². The van der Waals surface area contributed by atoms with Crippen molar-refractivity contribution in [2.75, 3.05) is 0 Å². The van der Waals surface area contributed by atoms with Crippen molar-refractivity contribution in [3.63, 3.8) is 0 Å². The number of primary sulfonamides is 1. The van der Waals surface area contributed by atoms with Crippen molar-refractivity contribution < 1.29 is 13.2 Å². The van der Waals surface area contributed by atoms with Crippen LogP contribution in [0.1, 0.15) is 27.0 Å². The molecule has 0 saturated heterocycles. The van der Waals surface area contributed by atoms with Crippen LogP contribution >= 0.6 is 0 Å². The fourth-order valence-corrected chi connectivity index (χ4v) is 3.10. The van der Waals surface area contributed by atoms with Crippen molar-refractivity contribution in [3.8, 4) is 0 Å². The van der Waals surface area contributed by atoms with Crippen LogP contribution in [0, 0.1) is 6.92 Å². The molecule has 0 aliphatic carbocycles. The zero-order valence-corrected chi connectivity index (χ0v) is 15.5. The maximum absolute atomic E-state index is 12.4. The SMILES string of the molecule is Cc1ccc(S(N)(=O)=O)cc1C(=O)NCc1ccc(Cn2cncn2)cc1. The Morgan fingerprint density at radius 2 is 1.85 bits per heavy atom. The first kappa shape index (κ1) is 18.7. The molecule has 0 aliphatic heterocycles. The quantitative estimate of drug-likeness (QED) is 0.661. The molecule has 0 fully saturated rings. The summed E-state index contributed by atoms with van der Waals surface area (Å²) in [6.07, 6.45) is 3.13. The molecule has 9 heteroatoms. The molecule has 3 rings (SSSR count). The second-order valence-corrected chi connectivity index (χ2v) is 7.68. The Morgan fingerprint density at radius 3 is 2.48 bits per heavy atom. The van der Waals surface area contributed by atoms with Crippen LogP contribution in [0.5, 0.6) is 0 Å². The highest BCUT2D eigenvalue weighted by Gasteiger charge is 2.14. The van der Waals surface area contributed by atoms with Crippen molar-refractivity contribution in [2.45, 2.75) is 24.9 Å². The summed E-state index contributed by atoms with van der Waals surface area (Å²) in [5.41, 5.74) is 2.94. The van der Waals surface area contributed by atoms with Gasteiger partial charge in [-0.2, -0.15) is 5.10 Å². The fraction of sp³-hybridized carbons (Fsp3) is 0.167. The van der Waals surface area contributed by atoms with Gasteiger partial charge in [0, 0.05) is 12.1 Å². The molecule has 1 aromatic heterocycles. The van der Waals surface area contributed by atoms with Crippen molar-refractivity contribution in [2.24, 2.45) is 5.14 Å². The molecular formula is C18H19N5O3S. The van der Waals surface area contributed by atoms with E-state index in [1.807, 2.05) is 24.3 Å². The Hall–Kier alpha value is -3.04. The molecule has 140 valence electrons. The summed E-state index contributed by atoms with van der Waals surface area (Å²) >= 11 is 0. The Morgan fingerprint density at radius 1 is 1.15 bits per heavy atom. The Labute approximate surface area is 157 Å². The number of hydrogen-bond acceptors (Lipinski definition) is 5. The van der Waals surface area contributed by atoms with Crippen molar-refractivity contribution >= 4 is 15.9 Å². The van der Waals surface area contributed by atoms with E-state index in [0.29, 0.717) is 18.7 Å². The molecular weight excluding hydrogens is 366 g/mol. The minimum absolute atomic E-state index is 0.0873. The number of aromatic nitrogens is 3. The first-order valence-electron chi connectivity index (χ1n) is 8.15. The van der Waals surface area contributed by atoms with E-state index in [2.05, 4.69) is 15.4 Å². The summed E-state index contributed by atoms with van der Waals surface area (Å²) in [6, 6.07) is 12.0. The van der Waals surface area contributed by atoms with Gasteiger partial charge in [-0.15, -0.1) is 0 Å². The Balaban J connectivity index is 1.65. The van der Waals surface area contributed by atoms with Crippen LogP contribution in [-0.2, 0) is 23.1 Å².